The first kappa shape index (κ1) is 56.1. The van der Waals surface area contributed by atoms with E-state index in [9.17, 15) is 14.7 Å². The monoisotopic (exact) mass is 821 g/mol. The Labute approximate surface area is 365 Å². The number of allylic oxidation sites excluding steroid dienone is 14. The second kappa shape index (κ2) is 49.4. The summed E-state index contributed by atoms with van der Waals surface area (Å²) in [5, 5.41) is 9.61. The molecule has 338 valence electrons. The number of hydrogen-bond acceptors (Lipinski definition) is 5. The maximum atomic E-state index is 12.3. The third kappa shape index (κ3) is 47.6. The van der Waals surface area contributed by atoms with Gasteiger partial charge in [-0.25, -0.2) is 0 Å². The van der Waals surface area contributed by atoms with Crippen molar-refractivity contribution in [2.45, 2.75) is 232 Å². The van der Waals surface area contributed by atoms with Crippen LogP contribution in [0.25, 0.3) is 0 Å². The van der Waals surface area contributed by atoms with Crippen LogP contribution in [-0.4, -0.2) is 36.4 Å². The smallest absolute Gasteiger partial charge is 0.306 e. The molecule has 1 atom stereocenters. The van der Waals surface area contributed by atoms with Gasteiger partial charge in [-0.05, 0) is 89.9 Å². The van der Waals surface area contributed by atoms with Gasteiger partial charge in [0, 0.05) is 12.8 Å². The van der Waals surface area contributed by atoms with Crippen molar-refractivity contribution in [1.29, 1.82) is 0 Å². The molecule has 5 heteroatoms. The summed E-state index contributed by atoms with van der Waals surface area (Å²) in [6, 6.07) is 0. The highest BCUT2D eigenvalue weighted by Crippen LogP contribution is 2.15. The fourth-order valence-electron chi connectivity index (χ4n) is 6.73. The highest BCUT2D eigenvalue weighted by Gasteiger charge is 2.16. The minimum atomic E-state index is -0.782. The van der Waals surface area contributed by atoms with Crippen LogP contribution in [0.5, 0.6) is 0 Å². The number of aliphatic hydroxyl groups excluding tert-OH is 1. The molecule has 0 radical (unpaired) electrons. The second-order valence-corrected chi connectivity index (χ2v) is 16.2. The van der Waals surface area contributed by atoms with Gasteiger partial charge >= 0.3 is 11.9 Å². The topological polar surface area (TPSA) is 72.8 Å². The van der Waals surface area contributed by atoms with E-state index in [1.54, 1.807) is 0 Å². The molecule has 0 aromatic heterocycles. The zero-order chi connectivity index (χ0) is 42.8. The summed E-state index contributed by atoms with van der Waals surface area (Å²) in [7, 11) is 0. The number of rotatable bonds is 44. The molecule has 0 heterocycles. The van der Waals surface area contributed by atoms with Gasteiger partial charge in [0.15, 0.2) is 6.10 Å². The number of ether oxygens (including phenoxy) is 2. The van der Waals surface area contributed by atoms with E-state index in [1.807, 2.05) is 0 Å². The average Bonchev–Trinajstić information content (AvgIpc) is 3.24. The molecule has 0 saturated heterocycles. The summed E-state index contributed by atoms with van der Waals surface area (Å²) in [5.41, 5.74) is 0. The standard InChI is InChI=1S/C54H92O5/c1-3-5-7-9-11-13-15-17-19-21-22-23-24-25-26-27-28-29-30-31-32-33-35-37-39-41-43-45-47-49-54(57)59-52(50-55)51-58-53(56)48-46-44-42-40-38-36-34-20-18-16-14-12-10-8-6-4-2/h5,7,11,13-14,16-17,19-20,22-23,25-26,34,52,55H,3-4,6,8-10,12,15,18,21,24,27-33,35-51H2,1-2H3/b7-5-,13-11-,16-14-,19-17-,23-22-,26-25-,34-20-. The summed E-state index contributed by atoms with van der Waals surface area (Å²) in [6.45, 7) is 4.00. The summed E-state index contributed by atoms with van der Waals surface area (Å²) < 4.78 is 10.7. The van der Waals surface area contributed by atoms with Gasteiger partial charge in [0.1, 0.15) is 6.61 Å². The number of aliphatic hydroxyl groups is 1. The molecular weight excluding hydrogens is 729 g/mol. The third-order valence-electron chi connectivity index (χ3n) is 10.4. The molecule has 1 unspecified atom stereocenters. The highest BCUT2D eigenvalue weighted by molar-refractivity contribution is 5.70. The third-order valence-corrected chi connectivity index (χ3v) is 10.4. The Morgan fingerprint density at radius 3 is 1.10 bits per heavy atom. The Balaban J connectivity index is 3.53. The Hall–Kier alpha value is -2.92. The molecule has 0 aromatic rings. The van der Waals surface area contributed by atoms with Crippen molar-refractivity contribution < 1.29 is 24.2 Å². The zero-order valence-corrected chi connectivity index (χ0v) is 38.5. The van der Waals surface area contributed by atoms with Crippen LogP contribution in [0, 0.1) is 0 Å². The molecule has 0 aliphatic carbocycles. The fourth-order valence-corrected chi connectivity index (χ4v) is 6.73. The van der Waals surface area contributed by atoms with E-state index in [-0.39, 0.29) is 25.2 Å². The molecule has 0 spiro atoms. The van der Waals surface area contributed by atoms with Gasteiger partial charge in [-0.3, -0.25) is 9.59 Å². The Morgan fingerprint density at radius 1 is 0.407 bits per heavy atom. The molecule has 0 saturated carbocycles. The Morgan fingerprint density at radius 2 is 0.729 bits per heavy atom. The van der Waals surface area contributed by atoms with Crippen molar-refractivity contribution in [3.8, 4) is 0 Å². The van der Waals surface area contributed by atoms with E-state index in [4.69, 9.17) is 9.47 Å². The summed E-state index contributed by atoms with van der Waals surface area (Å²) >= 11 is 0. The van der Waals surface area contributed by atoms with Crippen LogP contribution >= 0.6 is 0 Å². The first-order chi connectivity index (χ1) is 29.1. The Bertz CT molecular complexity index is 1110. The van der Waals surface area contributed by atoms with Crippen molar-refractivity contribution in [1.82, 2.24) is 0 Å². The summed E-state index contributed by atoms with van der Waals surface area (Å²) in [4.78, 5) is 24.4. The highest BCUT2D eigenvalue weighted by atomic mass is 16.6. The lowest BCUT2D eigenvalue weighted by Crippen LogP contribution is -2.28. The van der Waals surface area contributed by atoms with Crippen molar-refractivity contribution in [2.75, 3.05) is 13.2 Å². The molecule has 0 aliphatic rings. The van der Waals surface area contributed by atoms with Gasteiger partial charge in [-0.1, -0.05) is 208 Å². The zero-order valence-electron chi connectivity index (χ0n) is 38.5. The maximum Gasteiger partial charge on any atom is 0.306 e. The minimum absolute atomic E-state index is 0.0761. The van der Waals surface area contributed by atoms with Crippen molar-refractivity contribution in [3.05, 3.63) is 85.1 Å². The molecule has 0 fully saturated rings. The minimum Gasteiger partial charge on any atom is -0.462 e. The lowest BCUT2D eigenvalue weighted by atomic mass is 10.0. The van der Waals surface area contributed by atoms with Crippen LogP contribution in [0.3, 0.4) is 0 Å². The molecule has 5 nitrogen and oxygen atoms in total. The SMILES string of the molecule is CC/C=C\C/C=C\C/C=C\C/C=C\C/C=C\CCCCCCCCCCCCCCCC(=O)OC(CO)COC(=O)CCCCCCC/C=C\C/C=C\CCCCCC. The summed E-state index contributed by atoms with van der Waals surface area (Å²) in [5.74, 6) is -0.608. The second-order valence-electron chi connectivity index (χ2n) is 16.2. The van der Waals surface area contributed by atoms with Gasteiger partial charge in [0.25, 0.3) is 0 Å². The number of esters is 2. The van der Waals surface area contributed by atoms with Crippen molar-refractivity contribution in [2.24, 2.45) is 0 Å². The molecule has 0 bridgehead atoms. The number of unbranched alkanes of at least 4 members (excludes halogenated alkanes) is 22. The molecule has 59 heavy (non-hydrogen) atoms. The van der Waals surface area contributed by atoms with Crippen molar-refractivity contribution >= 4 is 11.9 Å². The van der Waals surface area contributed by atoms with Crippen molar-refractivity contribution in [3.63, 3.8) is 0 Å². The van der Waals surface area contributed by atoms with Gasteiger partial charge < -0.3 is 14.6 Å². The van der Waals surface area contributed by atoms with E-state index in [0.29, 0.717) is 12.8 Å². The quantitative estimate of drug-likeness (QED) is 0.0376. The van der Waals surface area contributed by atoms with E-state index in [0.717, 1.165) is 83.5 Å². The lowest BCUT2D eigenvalue weighted by Gasteiger charge is -2.15. The maximum absolute atomic E-state index is 12.3. The predicted molar refractivity (Wildman–Crippen MR) is 256 cm³/mol. The molecule has 0 aliphatic heterocycles. The van der Waals surface area contributed by atoms with Gasteiger partial charge in [0.2, 0.25) is 0 Å². The van der Waals surface area contributed by atoms with Crippen LogP contribution in [0.15, 0.2) is 85.1 Å². The van der Waals surface area contributed by atoms with Gasteiger partial charge in [-0.2, -0.15) is 0 Å². The van der Waals surface area contributed by atoms with Crippen LogP contribution in [0.4, 0.5) is 0 Å². The fraction of sp³-hybridized carbons (Fsp3) is 0.704. The van der Waals surface area contributed by atoms with E-state index < -0.39 is 6.10 Å². The summed E-state index contributed by atoms with van der Waals surface area (Å²) in [6.07, 6.45) is 68.1. The Kier molecular flexibility index (Phi) is 47.0. The van der Waals surface area contributed by atoms with Crippen LogP contribution < -0.4 is 0 Å². The molecule has 0 rings (SSSR count). The van der Waals surface area contributed by atoms with Crippen LogP contribution in [0.1, 0.15) is 226 Å². The van der Waals surface area contributed by atoms with Gasteiger partial charge in [-0.15, -0.1) is 0 Å². The normalized spacial score (nSPS) is 12.9. The predicted octanol–water partition coefficient (Wildman–Crippen LogP) is 16.2. The van der Waals surface area contributed by atoms with E-state index >= 15 is 0 Å². The molecule has 1 N–H and O–H groups in total. The number of carbonyl (C=O) groups is 2. The molecule has 0 aromatic carbocycles. The van der Waals surface area contributed by atoms with E-state index in [1.165, 1.54) is 116 Å². The average molecular weight is 821 g/mol. The molecule has 0 amide bonds. The lowest BCUT2D eigenvalue weighted by molar-refractivity contribution is -0.161. The first-order valence-corrected chi connectivity index (χ1v) is 24.6. The largest absolute Gasteiger partial charge is 0.462 e. The molecular formula is C54H92O5. The van der Waals surface area contributed by atoms with Crippen LogP contribution in [0.2, 0.25) is 0 Å². The van der Waals surface area contributed by atoms with Gasteiger partial charge in [0.05, 0.1) is 6.61 Å². The van der Waals surface area contributed by atoms with Crippen LogP contribution in [-0.2, 0) is 19.1 Å². The first-order valence-electron chi connectivity index (χ1n) is 24.6. The van der Waals surface area contributed by atoms with E-state index in [2.05, 4.69) is 98.9 Å². The number of carbonyl (C=O) groups excluding carboxylic acids is 2. The number of hydrogen-bond donors (Lipinski definition) is 1.